The number of pyridine rings is 1. The molecule has 0 unspecified atom stereocenters. The molecule has 2 N–H and O–H groups in total. The predicted octanol–water partition coefficient (Wildman–Crippen LogP) is 3.16. The van der Waals surface area contributed by atoms with Gasteiger partial charge in [-0.15, -0.1) is 0 Å². The third-order valence-corrected chi connectivity index (χ3v) is 2.80. The Kier molecular flexibility index (Phi) is 3.80. The summed E-state index contributed by atoms with van der Waals surface area (Å²) in [7, 11) is 0. The fourth-order valence-corrected chi connectivity index (χ4v) is 1.73. The fraction of sp³-hybridized carbons (Fsp3) is 0.200. The second-order valence-electron chi connectivity index (χ2n) is 4.67. The smallest absolute Gasteiger partial charge is 0.257 e. The van der Waals surface area contributed by atoms with Crippen LogP contribution in [0.15, 0.2) is 42.7 Å². The molecule has 1 amide bonds. The highest BCUT2D eigenvalue weighted by Crippen LogP contribution is 2.19. The van der Waals surface area contributed by atoms with Crippen LogP contribution in [0.3, 0.4) is 0 Å². The van der Waals surface area contributed by atoms with Gasteiger partial charge in [-0.3, -0.25) is 9.78 Å². The SMILES string of the molecule is CC(C)c1cccc(NC(=O)c2cncc(O)c2)c1. The first-order valence-corrected chi connectivity index (χ1v) is 6.11. The molecule has 2 rings (SSSR count). The second-order valence-corrected chi connectivity index (χ2v) is 4.67. The van der Waals surface area contributed by atoms with Gasteiger partial charge in [-0.2, -0.15) is 0 Å². The zero-order valence-corrected chi connectivity index (χ0v) is 10.9. The molecule has 0 saturated carbocycles. The van der Waals surface area contributed by atoms with Crippen LogP contribution in [-0.4, -0.2) is 16.0 Å². The molecule has 0 bridgehead atoms. The number of nitrogens with one attached hydrogen (secondary N) is 1. The molecule has 0 saturated heterocycles. The number of hydrogen-bond acceptors (Lipinski definition) is 3. The maximum absolute atomic E-state index is 12.0. The van der Waals surface area contributed by atoms with Crippen LogP contribution >= 0.6 is 0 Å². The van der Waals surface area contributed by atoms with Crippen molar-refractivity contribution in [3.05, 3.63) is 53.9 Å². The minimum absolute atomic E-state index is 0.0245. The topological polar surface area (TPSA) is 62.2 Å². The van der Waals surface area contributed by atoms with Gasteiger partial charge in [-0.25, -0.2) is 0 Å². The maximum Gasteiger partial charge on any atom is 0.257 e. The summed E-state index contributed by atoms with van der Waals surface area (Å²) in [6, 6.07) is 9.09. The fourth-order valence-electron chi connectivity index (χ4n) is 1.73. The Morgan fingerprint density at radius 1 is 1.26 bits per heavy atom. The minimum atomic E-state index is -0.288. The molecular weight excluding hydrogens is 240 g/mol. The molecule has 0 aliphatic rings. The van der Waals surface area contributed by atoms with Crippen molar-refractivity contribution in [3.63, 3.8) is 0 Å². The quantitative estimate of drug-likeness (QED) is 0.886. The Morgan fingerprint density at radius 3 is 2.74 bits per heavy atom. The van der Waals surface area contributed by atoms with E-state index in [1.54, 1.807) is 0 Å². The molecule has 0 spiro atoms. The lowest BCUT2D eigenvalue weighted by atomic mass is 10.0. The summed E-state index contributed by atoms with van der Waals surface area (Å²) >= 11 is 0. The Balaban J connectivity index is 2.17. The number of hydrogen-bond donors (Lipinski definition) is 2. The van der Waals surface area contributed by atoms with E-state index in [2.05, 4.69) is 24.1 Å². The van der Waals surface area contributed by atoms with E-state index >= 15 is 0 Å². The Bertz CT molecular complexity index is 594. The first-order valence-electron chi connectivity index (χ1n) is 6.11. The summed E-state index contributed by atoms with van der Waals surface area (Å²) in [4.78, 5) is 15.8. The van der Waals surface area contributed by atoms with Gasteiger partial charge >= 0.3 is 0 Å². The first-order chi connectivity index (χ1) is 9.06. The zero-order chi connectivity index (χ0) is 13.8. The van der Waals surface area contributed by atoms with Crippen molar-refractivity contribution < 1.29 is 9.90 Å². The summed E-state index contributed by atoms with van der Waals surface area (Å²) in [6.45, 7) is 4.19. The largest absolute Gasteiger partial charge is 0.506 e. The lowest BCUT2D eigenvalue weighted by Crippen LogP contribution is -2.12. The van der Waals surface area contributed by atoms with Gasteiger partial charge in [0.1, 0.15) is 5.75 Å². The van der Waals surface area contributed by atoms with Crippen molar-refractivity contribution in [2.75, 3.05) is 5.32 Å². The van der Waals surface area contributed by atoms with Crippen molar-refractivity contribution in [2.24, 2.45) is 0 Å². The van der Waals surface area contributed by atoms with Gasteiger partial charge in [0.2, 0.25) is 0 Å². The molecule has 1 aromatic carbocycles. The average Bonchev–Trinajstić information content (AvgIpc) is 2.39. The van der Waals surface area contributed by atoms with Gasteiger partial charge in [0.25, 0.3) is 5.91 Å². The first kappa shape index (κ1) is 13.1. The summed E-state index contributed by atoms with van der Waals surface area (Å²) < 4.78 is 0. The number of aromatic hydroxyl groups is 1. The molecule has 0 aliphatic heterocycles. The average molecular weight is 256 g/mol. The second kappa shape index (κ2) is 5.52. The molecule has 0 aliphatic carbocycles. The molecule has 98 valence electrons. The van der Waals surface area contributed by atoms with E-state index in [1.165, 1.54) is 18.5 Å². The number of carbonyl (C=O) groups excluding carboxylic acids is 1. The van der Waals surface area contributed by atoms with Gasteiger partial charge < -0.3 is 10.4 Å². The Labute approximate surface area is 112 Å². The van der Waals surface area contributed by atoms with E-state index in [-0.39, 0.29) is 11.7 Å². The number of benzene rings is 1. The van der Waals surface area contributed by atoms with E-state index in [0.717, 1.165) is 11.3 Å². The van der Waals surface area contributed by atoms with Crippen LogP contribution in [0.25, 0.3) is 0 Å². The van der Waals surface area contributed by atoms with Crippen LogP contribution in [0.4, 0.5) is 5.69 Å². The van der Waals surface area contributed by atoms with Crippen LogP contribution in [-0.2, 0) is 0 Å². The van der Waals surface area contributed by atoms with Crippen LogP contribution in [0.2, 0.25) is 0 Å². The van der Waals surface area contributed by atoms with Crippen molar-refractivity contribution in [3.8, 4) is 5.75 Å². The highest BCUT2D eigenvalue weighted by Gasteiger charge is 2.08. The predicted molar refractivity (Wildman–Crippen MR) is 74.4 cm³/mol. The molecule has 4 nitrogen and oxygen atoms in total. The molecule has 1 heterocycles. The van der Waals surface area contributed by atoms with Gasteiger partial charge in [-0.05, 0) is 29.7 Å². The van der Waals surface area contributed by atoms with Gasteiger partial charge in [0, 0.05) is 11.9 Å². The monoisotopic (exact) mass is 256 g/mol. The molecule has 0 fully saturated rings. The summed E-state index contributed by atoms with van der Waals surface area (Å²) in [5.41, 5.74) is 2.22. The molecule has 1 aromatic heterocycles. The number of anilines is 1. The third-order valence-electron chi connectivity index (χ3n) is 2.80. The number of nitrogens with zero attached hydrogens (tertiary/aromatic N) is 1. The molecule has 0 atom stereocenters. The third kappa shape index (κ3) is 3.31. The molecule has 19 heavy (non-hydrogen) atoms. The number of aromatic nitrogens is 1. The highest BCUT2D eigenvalue weighted by molar-refractivity contribution is 6.04. The van der Waals surface area contributed by atoms with E-state index in [4.69, 9.17) is 0 Å². The Hall–Kier alpha value is -2.36. The Morgan fingerprint density at radius 2 is 2.05 bits per heavy atom. The van der Waals surface area contributed by atoms with Crippen LogP contribution in [0.1, 0.15) is 35.7 Å². The van der Waals surface area contributed by atoms with Crippen molar-refractivity contribution in [2.45, 2.75) is 19.8 Å². The van der Waals surface area contributed by atoms with Crippen molar-refractivity contribution in [1.82, 2.24) is 4.98 Å². The number of amides is 1. The summed E-state index contributed by atoms with van der Waals surface area (Å²) in [5.74, 6) is 0.0900. The lowest BCUT2D eigenvalue weighted by Gasteiger charge is -2.09. The lowest BCUT2D eigenvalue weighted by molar-refractivity contribution is 0.102. The van der Waals surface area contributed by atoms with Crippen molar-refractivity contribution in [1.29, 1.82) is 0 Å². The standard InChI is InChI=1S/C15H16N2O2/c1-10(2)11-4-3-5-13(6-11)17-15(19)12-7-14(18)9-16-8-12/h3-10,18H,1-2H3,(H,17,19). The van der Waals surface area contributed by atoms with Crippen molar-refractivity contribution >= 4 is 11.6 Å². The summed E-state index contributed by atoms with van der Waals surface area (Å²) in [5, 5.41) is 12.1. The van der Waals surface area contributed by atoms with Gasteiger partial charge in [-0.1, -0.05) is 26.0 Å². The zero-order valence-electron chi connectivity index (χ0n) is 10.9. The van der Waals surface area contributed by atoms with E-state index in [1.807, 2.05) is 24.3 Å². The van der Waals surface area contributed by atoms with E-state index in [9.17, 15) is 9.90 Å². The minimum Gasteiger partial charge on any atom is -0.506 e. The normalized spacial score (nSPS) is 10.5. The van der Waals surface area contributed by atoms with Crippen LogP contribution < -0.4 is 5.32 Å². The van der Waals surface area contributed by atoms with Gasteiger partial charge in [0.05, 0.1) is 11.8 Å². The van der Waals surface area contributed by atoms with E-state index < -0.39 is 0 Å². The van der Waals surface area contributed by atoms with Crippen LogP contribution in [0.5, 0.6) is 5.75 Å². The van der Waals surface area contributed by atoms with Crippen LogP contribution in [0, 0.1) is 0 Å². The van der Waals surface area contributed by atoms with Gasteiger partial charge in [0.15, 0.2) is 0 Å². The number of rotatable bonds is 3. The maximum atomic E-state index is 12.0. The van der Waals surface area contributed by atoms with E-state index in [0.29, 0.717) is 11.5 Å². The molecular formula is C15H16N2O2. The number of carbonyl (C=O) groups is 1. The molecule has 0 radical (unpaired) electrons. The molecule has 4 heteroatoms. The summed E-state index contributed by atoms with van der Waals surface area (Å²) in [6.07, 6.45) is 2.71. The molecule has 2 aromatic rings. The highest BCUT2D eigenvalue weighted by atomic mass is 16.3.